The lowest BCUT2D eigenvalue weighted by Crippen LogP contribution is -2.44. The number of hydrogen-bond donors (Lipinski definition) is 2. The third-order valence-corrected chi connectivity index (χ3v) is 5.54. The van der Waals surface area contributed by atoms with Gasteiger partial charge in [0.25, 0.3) is 5.91 Å². The van der Waals surface area contributed by atoms with E-state index in [1.165, 1.54) is 0 Å². The number of nitrogens with one attached hydrogen (secondary N) is 2. The minimum atomic E-state index is -0.656. The fraction of sp³-hybridized carbons (Fsp3) is 0.400. The number of amides is 3. The molecule has 31 heavy (non-hydrogen) atoms. The number of rotatable bonds is 6. The van der Waals surface area contributed by atoms with Crippen LogP contribution in [0.25, 0.3) is 0 Å². The fourth-order valence-corrected chi connectivity index (χ4v) is 3.52. The summed E-state index contributed by atoms with van der Waals surface area (Å²) in [5.41, 5.74) is 3.51. The lowest BCUT2D eigenvalue weighted by atomic mass is 9.86. The number of anilines is 1. The molecule has 1 atom stereocenters. The first-order valence-electron chi connectivity index (χ1n) is 10.7. The average Bonchev–Trinajstić information content (AvgIpc) is 3.17. The summed E-state index contributed by atoms with van der Waals surface area (Å²) in [6, 6.07) is 14.4. The van der Waals surface area contributed by atoms with Crippen LogP contribution in [-0.2, 0) is 21.5 Å². The van der Waals surface area contributed by atoms with Gasteiger partial charge in [-0.1, -0.05) is 45.0 Å². The maximum atomic E-state index is 12.5. The van der Waals surface area contributed by atoms with Gasteiger partial charge >= 0.3 is 0 Å². The summed E-state index contributed by atoms with van der Waals surface area (Å²) in [7, 11) is 0. The Morgan fingerprint density at radius 1 is 1.03 bits per heavy atom. The van der Waals surface area contributed by atoms with Gasteiger partial charge in [0.05, 0.1) is 0 Å². The van der Waals surface area contributed by atoms with E-state index in [-0.39, 0.29) is 23.1 Å². The van der Waals surface area contributed by atoms with Crippen LogP contribution < -0.4 is 15.5 Å². The van der Waals surface area contributed by atoms with Crippen LogP contribution in [0.5, 0.6) is 0 Å². The normalized spacial score (nSPS) is 15.0. The first-order chi connectivity index (χ1) is 14.6. The molecular weight excluding hydrogens is 390 g/mol. The number of hydrogen-bond acceptors (Lipinski definition) is 3. The van der Waals surface area contributed by atoms with E-state index in [9.17, 15) is 14.4 Å². The minimum absolute atomic E-state index is 0.0182. The van der Waals surface area contributed by atoms with Gasteiger partial charge in [-0.2, -0.15) is 0 Å². The molecule has 0 saturated carbocycles. The van der Waals surface area contributed by atoms with E-state index in [1.807, 2.05) is 36.4 Å². The standard InChI is InChI=1S/C25H31N3O3/c1-17(27-24(31)19-9-11-20(12-10-19)25(2,3)4)23(30)26-16-18-7-13-21(14-8-18)28-15-5-6-22(28)29/h7-14,17H,5-6,15-16H2,1-4H3,(H,26,30)(H,27,31). The zero-order valence-corrected chi connectivity index (χ0v) is 18.7. The first-order valence-corrected chi connectivity index (χ1v) is 10.7. The largest absolute Gasteiger partial charge is 0.350 e. The molecule has 3 rings (SSSR count). The number of benzene rings is 2. The van der Waals surface area contributed by atoms with E-state index in [4.69, 9.17) is 0 Å². The van der Waals surface area contributed by atoms with Crippen LogP contribution in [0, 0.1) is 0 Å². The summed E-state index contributed by atoms with van der Waals surface area (Å²) in [5, 5.41) is 5.59. The molecule has 6 nitrogen and oxygen atoms in total. The molecule has 0 spiro atoms. The molecule has 2 aromatic rings. The molecule has 1 heterocycles. The van der Waals surface area contributed by atoms with Crippen molar-refractivity contribution in [3.05, 3.63) is 65.2 Å². The third kappa shape index (κ3) is 5.72. The topological polar surface area (TPSA) is 78.5 Å². The van der Waals surface area contributed by atoms with Gasteiger partial charge < -0.3 is 15.5 Å². The molecule has 6 heteroatoms. The molecule has 1 fully saturated rings. The van der Waals surface area contributed by atoms with Crippen LogP contribution in [0.15, 0.2) is 48.5 Å². The summed E-state index contributed by atoms with van der Waals surface area (Å²) in [4.78, 5) is 38.5. The highest BCUT2D eigenvalue weighted by Crippen LogP contribution is 2.23. The van der Waals surface area contributed by atoms with Crippen molar-refractivity contribution in [1.82, 2.24) is 10.6 Å². The summed E-state index contributed by atoms with van der Waals surface area (Å²) in [6.45, 7) is 9.13. The Morgan fingerprint density at radius 3 is 2.23 bits per heavy atom. The zero-order valence-electron chi connectivity index (χ0n) is 18.7. The van der Waals surface area contributed by atoms with Gasteiger partial charge in [-0.15, -0.1) is 0 Å². The monoisotopic (exact) mass is 421 g/mol. The van der Waals surface area contributed by atoms with Gasteiger partial charge in [0.2, 0.25) is 11.8 Å². The molecule has 0 aromatic heterocycles. The van der Waals surface area contributed by atoms with Gasteiger partial charge in [0, 0.05) is 30.8 Å². The molecule has 0 aliphatic carbocycles. The van der Waals surface area contributed by atoms with Crippen molar-refractivity contribution in [1.29, 1.82) is 0 Å². The maximum Gasteiger partial charge on any atom is 0.251 e. The Hall–Kier alpha value is -3.15. The predicted molar refractivity (Wildman–Crippen MR) is 122 cm³/mol. The molecule has 1 saturated heterocycles. The van der Waals surface area contributed by atoms with Crippen LogP contribution in [0.3, 0.4) is 0 Å². The summed E-state index contributed by atoms with van der Waals surface area (Å²) in [5.74, 6) is -0.375. The highest BCUT2D eigenvalue weighted by molar-refractivity contribution is 5.97. The van der Waals surface area contributed by atoms with Gasteiger partial charge in [0.1, 0.15) is 6.04 Å². The Labute approximate surface area is 184 Å². The van der Waals surface area contributed by atoms with Crippen molar-refractivity contribution < 1.29 is 14.4 Å². The van der Waals surface area contributed by atoms with E-state index >= 15 is 0 Å². The average molecular weight is 422 g/mol. The lowest BCUT2D eigenvalue weighted by molar-refractivity contribution is -0.122. The van der Waals surface area contributed by atoms with Crippen molar-refractivity contribution in [3.8, 4) is 0 Å². The van der Waals surface area contributed by atoms with Gasteiger partial charge in [-0.25, -0.2) is 0 Å². The minimum Gasteiger partial charge on any atom is -0.350 e. The van der Waals surface area contributed by atoms with Crippen molar-refractivity contribution in [3.63, 3.8) is 0 Å². The Kier molecular flexibility index (Phi) is 6.78. The van der Waals surface area contributed by atoms with Crippen LogP contribution in [0.4, 0.5) is 5.69 Å². The highest BCUT2D eigenvalue weighted by Gasteiger charge is 2.21. The molecular formula is C25H31N3O3. The van der Waals surface area contributed by atoms with Crippen molar-refractivity contribution >= 4 is 23.4 Å². The molecule has 2 aromatic carbocycles. The first kappa shape index (κ1) is 22.5. The van der Waals surface area contributed by atoms with Crippen LogP contribution in [0.1, 0.15) is 62.0 Å². The summed E-state index contributed by atoms with van der Waals surface area (Å²) < 4.78 is 0. The smallest absolute Gasteiger partial charge is 0.251 e. The van der Waals surface area contributed by atoms with E-state index < -0.39 is 6.04 Å². The molecule has 1 aliphatic rings. The van der Waals surface area contributed by atoms with E-state index in [2.05, 4.69) is 31.4 Å². The Balaban J connectivity index is 1.50. The highest BCUT2D eigenvalue weighted by atomic mass is 16.2. The summed E-state index contributed by atoms with van der Waals surface area (Å²) >= 11 is 0. The number of carbonyl (C=O) groups excluding carboxylic acids is 3. The molecule has 164 valence electrons. The van der Waals surface area contributed by atoms with Gasteiger partial charge in [0.15, 0.2) is 0 Å². The molecule has 3 amide bonds. The summed E-state index contributed by atoms with van der Waals surface area (Å²) in [6.07, 6.45) is 1.49. The molecule has 2 N–H and O–H groups in total. The molecule has 0 bridgehead atoms. The lowest BCUT2D eigenvalue weighted by Gasteiger charge is -2.19. The molecule has 0 radical (unpaired) electrons. The van der Waals surface area contributed by atoms with E-state index in [0.29, 0.717) is 18.5 Å². The molecule has 1 unspecified atom stereocenters. The maximum absolute atomic E-state index is 12.5. The van der Waals surface area contributed by atoms with Crippen LogP contribution in [-0.4, -0.2) is 30.3 Å². The van der Waals surface area contributed by atoms with Crippen molar-refractivity contribution in [2.75, 3.05) is 11.4 Å². The van der Waals surface area contributed by atoms with Crippen LogP contribution in [0.2, 0.25) is 0 Å². The van der Waals surface area contributed by atoms with Crippen molar-refractivity contribution in [2.24, 2.45) is 0 Å². The quantitative estimate of drug-likeness (QED) is 0.749. The Morgan fingerprint density at radius 2 is 1.68 bits per heavy atom. The van der Waals surface area contributed by atoms with Gasteiger partial charge in [-0.3, -0.25) is 14.4 Å². The zero-order chi connectivity index (χ0) is 22.6. The van der Waals surface area contributed by atoms with Gasteiger partial charge in [-0.05, 0) is 54.2 Å². The Bertz CT molecular complexity index is 943. The number of nitrogens with zero attached hydrogens (tertiary/aromatic N) is 1. The van der Waals surface area contributed by atoms with Crippen LogP contribution >= 0.6 is 0 Å². The SMILES string of the molecule is CC(NC(=O)c1ccc(C(C)(C)C)cc1)C(=O)NCc1ccc(N2CCCC2=O)cc1. The predicted octanol–water partition coefficient (Wildman–Crippen LogP) is 3.55. The third-order valence-electron chi connectivity index (χ3n) is 5.54. The molecule has 1 aliphatic heterocycles. The fourth-order valence-electron chi connectivity index (χ4n) is 3.52. The van der Waals surface area contributed by atoms with E-state index in [1.54, 1.807) is 24.0 Å². The number of carbonyl (C=O) groups is 3. The second kappa shape index (κ2) is 9.33. The van der Waals surface area contributed by atoms with E-state index in [0.717, 1.165) is 29.8 Å². The second-order valence-electron chi connectivity index (χ2n) is 9.06. The second-order valence-corrected chi connectivity index (χ2v) is 9.06. The van der Waals surface area contributed by atoms with Crippen molar-refractivity contribution in [2.45, 2.75) is 58.5 Å².